The first-order chi connectivity index (χ1) is 13.6. The van der Waals surface area contributed by atoms with Crippen LogP contribution in [-0.4, -0.2) is 39.1 Å². The summed E-state index contributed by atoms with van der Waals surface area (Å²) in [5.41, 5.74) is 0.146. The number of benzene rings is 2. The second-order valence-electron chi connectivity index (χ2n) is 5.82. The van der Waals surface area contributed by atoms with Gasteiger partial charge in [-0.15, -0.1) is 0 Å². The van der Waals surface area contributed by atoms with E-state index in [1.165, 1.54) is 25.2 Å². The Kier molecular flexibility index (Phi) is 7.40. The molecule has 2 aromatic rings. The molecule has 0 saturated heterocycles. The molecule has 0 aliphatic heterocycles. The van der Waals surface area contributed by atoms with Crippen molar-refractivity contribution in [1.29, 1.82) is 0 Å². The molecule has 29 heavy (non-hydrogen) atoms. The van der Waals surface area contributed by atoms with Crippen LogP contribution in [0.5, 0.6) is 5.75 Å². The van der Waals surface area contributed by atoms with Gasteiger partial charge in [0.1, 0.15) is 0 Å². The molecule has 0 aliphatic rings. The van der Waals surface area contributed by atoms with Crippen LogP contribution in [0, 0.1) is 5.82 Å². The van der Waals surface area contributed by atoms with E-state index >= 15 is 0 Å². The number of sulfonamides is 1. The summed E-state index contributed by atoms with van der Waals surface area (Å²) in [6, 6.07) is 7.05. The van der Waals surface area contributed by atoms with Gasteiger partial charge in [0, 0.05) is 19.2 Å². The number of hydrogen-bond acceptors (Lipinski definition) is 5. The van der Waals surface area contributed by atoms with Crippen LogP contribution in [0.25, 0.3) is 0 Å². The molecule has 0 saturated carbocycles. The Morgan fingerprint density at radius 3 is 2.55 bits per heavy atom. The van der Waals surface area contributed by atoms with Gasteiger partial charge in [-0.25, -0.2) is 12.8 Å². The number of amides is 1. The van der Waals surface area contributed by atoms with Crippen LogP contribution in [0.2, 0.25) is 5.02 Å². The zero-order chi connectivity index (χ0) is 21.6. The SMILES string of the molecule is CNC(=O)c1cc(NS(=O)(=O)c2ccc(OCCCC(=O)O)c(F)c2)ccc1Cl. The summed E-state index contributed by atoms with van der Waals surface area (Å²) in [6.07, 6.45) is 0.0533. The highest BCUT2D eigenvalue weighted by atomic mass is 35.5. The summed E-state index contributed by atoms with van der Waals surface area (Å²) in [5.74, 6) is -2.59. The second kappa shape index (κ2) is 9.57. The average molecular weight is 445 g/mol. The van der Waals surface area contributed by atoms with Gasteiger partial charge < -0.3 is 15.2 Å². The fourth-order valence-electron chi connectivity index (χ4n) is 2.28. The number of hydrogen-bond donors (Lipinski definition) is 3. The summed E-state index contributed by atoms with van der Waals surface area (Å²) >= 11 is 5.93. The molecule has 0 heterocycles. The first-order valence-corrected chi connectivity index (χ1v) is 10.2. The van der Waals surface area contributed by atoms with Crippen molar-refractivity contribution in [3.63, 3.8) is 0 Å². The first kappa shape index (κ1) is 22.4. The Hall–Kier alpha value is -2.85. The molecule has 2 aromatic carbocycles. The van der Waals surface area contributed by atoms with Crippen molar-refractivity contribution in [2.24, 2.45) is 0 Å². The van der Waals surface area contributed by atoms with E-state index < -0.39 is 27.7 Å². The summed E-state index contributed by atoms with van der Waals surface area (Å²) in [7, 11) is -2.74. The number of ether oxygens (including phenoxy) is 1. The summed E-state index contributed by atoms with van der Waals surface area (Å²) < 4.78 is 46.6. The van der Waals surface area contributed by atoms with Gasteiger partial charge in [-0.2, -0.15) is 0 Å². The van der Waals surface area contributed by atoms with Gasteiger partial charge in [0.25, 0.3) is 15.9 Å². The molecule has 2 rings (SSSR count). The third kappa shape index (κ3) is 6.06. The van der Waals surface area contributed by atoms with E-state index in [0.717, 1.165) is 18.2 Å². The van der Waals surface area contributed by atoms with Crippen molar-refractivity contribution in [2.45, 2.75) is 17.7 Å². The topological polar surface area (TPSA) is 122 Å². The predicted octanol–water partition coefficient (Wildman–Crippen LogP) is 2.88. The van der Waals surface area contributed by atoms with Crippen molar-refractivity contribution in [1.82, 2.24) is 5.32 Å². The molecular weight excluding hydrogens is 427 g/mol. The minimum absolute atomic E-state index is 0.0272. The summed E-state index contributed by atoms with van der Waals surface area (Å²) in [5, 5.41) is 11.1. The van der Waals surface area contributed by atoms with Crippen molar-refractivity contribution < 1.29 is 32.2 Å². The molecule has 0 fully saturated rings. The molecule has 156 valence electrons. The van der Waals surface area contributed by atoms with Gasteiger partial charge >= 0.3 is 5.97 Å². The quantitative estimate of drug-likeness (QED) is 0.511. The monoisotopic (exact) mass is 444 g/mol. The van der Waals surface area contributed by atoms with Crippen LogP contribution in [0.1, 0.15) is 23.2 Å². The normalized spacial score (nSPS) is 11.0. The second-order valence-corrected chi connectivity index (χ2v) is 7.91. The van der Waals surface area contributed by atoms with E-state index in [1.54, 1.807) is 0 Å². The minimum Gasteiger partial charge on any atom is -0.491 e. The van der Waals surface area contributed by atoms with Crippen molar-refractivity contribution in [2.75, 3.05) is 18.4 Å². The van der Waals surface area contributed by atoms with Gasteiger partial charge in [0.05, 0.1) is 22.1 Å². The third-order valence-electron chi connectivity index (χ3n) is 3.70. The van der Waals surface area contributed by atoms with E-state index in [2.05, 4.69) is 10.0 Å². The standard InChI is InChI=1S/C18H18ClFN2O6S/c1-21-18(25)13-9-11(4-6-14(13)19)22-29(26,27)12-5-7-16(15(20)10-12)28-8-2-3-17(23)24/h4-7,9-10,22H,2-3,8H2,1H3,(H,21,25)(H,23,24). The zero-order valence-electron chi connectivity index (χ0n) is 15.2. The fraction of sp³-hybridized carbons (Fsp3) is 0.222. The highest BCUT2D eigenvalue weighted by Gasteiger charge is 2.19. The lowest BCUT2D eigenvalue weighted by molar-refractivity contribution is -0.137. The van der Waals surface area contributed by atoms with Crippen LogP contribution < -0.4 is 14.8 Å². The van der Waals surface area contributed by atoms with E-state index in [1.807, 2.05) is 0 Å². The number of halogens is 2. The van der Waals surface area contributed by atoms with E-state index in [4.69, 9.17) is 21.4 Å². The Morgan fingerprint density at radius 2 is 1.93 bits per heavy atom. The number of aliphatic carboxylic acids is 1. The van der Waals surface area contributed by atoms with Crippen molar-refractivity contribution in [3.05, 3.63) is 52.8 Å². The molecule has 0 bridgehead atoms. The fourth-order valence-corrected chi connectivity index (χ4v) is 3.55. The number of carboxylic acid groups (broad SMARTS) is 1. The average Bonchev–Trinajstić information content (AvgIpc) is 2.66. The maximum Gasteiger partial charge on any atom is 0.303 e. The number of carboxylic acids is 1. The largest absolute Gasteiger partial charge is 0.491 e. The maximum absolute atomic E-state index is 14.2. The van der Waals surface area contributed by atoms with Gasteiger partial charge in [0.15, 0.2) is 11.6 Å². The highest BCUT2D eigenvalue weighted by molar-refractivity contribution is 7.92. The van der Waals surface area contributed by atoms with Gasteiger partial charge in [-0.1, -0.05) is 11.6 Å². The lowest BCUT2D eigenvalue weighted by atomic mass is 10.2. The number of carbonyl (C=O) groups excluding carboxylic acids is 1. The number of nitrogens with one attached hydrogen (secondary N) is 2. The van der Waals surface area contributed by atoms with Crippen LogP contribution in [-0.2, 0) is 14.8 Å². The van der Waals surface area contributed by atoms with E-state index in [-0.39, 0.29) is 46.4 Å². The number of anilines is 1. The van der Waals surface area contributed by atoms with Crippen molar-refractivity contribution in [3.8, 4) is 5.75 Å². The van der Waals surface area contributed by atoms with Crippen LogP contribution >= 0.6 is 11.6 Å². The molecule has 8 nitrogen and oxygen atoms in total. The molecule has 0 radical (unpaired) electrons. The minimum atomic E-state index is -4.15. The first-order valence-electron chi connectivity index (χ1n) is 8.32. The highest BCUT2D eigenvalue weighted by Crippen LogP contribution is 2.25. The molecule has 3 N–H and O–H groups in total. The Balaban J connectivity index is 2.16. The van der Waals surface area contributed by atoms with Gasteiger partial charge in [-0.05, 0) is 42.8 Å². The van der Waals surface area contributed by atoms with Crippen LogP contribution in [0.15, 0.2) is 41.3 Å². The summed E-state index contributed by atoms with van der Waals surface area (Å²) in [6.45, 7) is -0.0272. The Labute approximate surface area is 171 Å². The lowest BCUT2D eigenvalue weighted by Gasteiger charge is -2.12. The van der Waals surface area contributed by atoms with Crippen molar-refractivity contribution >= 4 is 39.2 Å². The van der Waals surface area contributed by atoms with Gasteiger partial charge in [0.2, 0.25) is 0 Å². The zero-order valence-corrected chi connectivity index (χ0v) is 16.8. The lowest BCUT2D eigenvalue weighted by Crippen LogP contribution is -2.19. The Bertz CT molecular complexity index is 1030. The molecule has 1 amide bonds. The molecule has 0 unspecified atom stereocenters. The molecule has 0 atom stereocenters. The van der Waals surface area contributed by atoms with Gasteiger partial charge in [-0.3, -0.25) is 14.3 Å². The smallest absolute Gasteiger partial charge is 0.303 e. The Morgan fingerprint density at radius 1 is 1.21 bits per heavy atom. The van der Waals surface area contributed by atoms with Crippen LogP contribution in [0.3, 0.4) is 0 Å². The summed E-state index contributed by atoms with van der Waals surface area (Å²) in [4.78, 5) is 21.9. The predicted molar refractivity (Wildman–Crippen MR) is 104 cm³/mol. The van der Waals surface area contributed by atoms with E-state index in [0.29, 0.717) is 0 Å². The number of carbonyl (C=O) groups is 2. The molecular formula is C18H18ClFN2O6S. The maximum atomic E-state index is 14.2. The van der Waals surface area contributed by atoms with Crippen LogP contribution in [0.4, 0.5) is 10.1 Å². The number of rotatable bonds is 9. The molecule has 11 heteroatoms. The van der Waals surface area contributed by atoms with E-state index in [9.17, 15) is 22.4 Å². The molecule has 0 spiro atoms. The molecule has 0 aromatic heterocycles. The molecule has 0 aliphatic carbocycles. The third-order valence-corrected chi connectivity index (χ3v) is 5.41.